The number of urea groups is 1. The molecule has 2 aromatic carbocycles. The molecule has 104 valence electrons. The predicted octanol–water partition coefficient (Wildman–Crippen LogP) is 3.32. The van der Waals surface area contributed by atoms with Crippen molar-refractivity contribution in [3.63, 3.8) is 0 Å². The molecule has 0 saturated carbocycles. The van der Waals surface area contributed by atoms with Crippen molar-refractivity contribution in [2.45, 2.75) is 13.5 Å². The number of para-hydroxylation sites is 1. The molecule has 0 aliphatic heterocycles. The van der Waals surface area contributed by atoms with E-state index in [1.54, 1.807) is 4.90 Å². The molecule has 0 unspecified atom stereocenters. The van der Waals surface area contributed by atoms with Crippen molar-refractivity contribution >= 4 is 17.4 Å². The number of nitrogens with zero attached hydrogens (tertiary/aromatic N) is 1. The number of carbonyl (C=O) groups excluding carboxylic acids is 1. The largest absolute Gasteiger partial charge is 0.399 e. The van der Waals surface area contributed by atoms with E-state index < -0.39 is 0 Å². The lowest BCUT2D eigenvalue weighted by Crippen LogP contribution is -2.34. The highest BCUT2D eigenvalue weighted by atomic mass is 16.2. The molecule has 0 fully saturated rings. The molecule has 0 atom stereocenters. The van der Waals surface area contributed by atoms with Gasteiger partial charge in [-0.05, 0) is 36.8 Å². The highest BCUT2D eigenvalue weighted by molar-refractivity contribution is 5.89. The summed E-state index contributed by atoms with van der Waals surface area (Å²) in [4.78, 5) is 14.0. The Labute approximate surface area is 119 Å². The van der Waals surface area contributed by atoms with Gasteiger partial charge in [-0.15, -0.1) is 0 Å². The Bertz CT molecular complexity index is 552. The Morgan fingerprint density at radius 3 is 2.35 bits per heavy atom. The van der Waals surface area contributed by atoms with Gasteiger partial charge in [0.2, 0.25) is 0 Å². The van der Waals surface area contributed by atoms with Crippen LogP contribution in [0, 0.1) is 0 Å². The number of hydrogen-bond donors (Lipinski definition) is 2. The minimum Gasteiger partial charge on any atom is -0.399 e. The van der Waals surface area contributed by atoms with Gasteiger partial charge in [0.25, 0.3) is 0 Å². The lowest BCUT2D eigenvalue weighted by Gasteiger charge is -2.21. The van der Waals surface area contributed by atoms with Crippen LogP contribution in [0.2, 0.25) is 0 Å². The molecule has 4 heteroatoms. The first kappa shape index (κ1) is 13.9. The van der Waals surface area contributed by atoms with Gasteiger partial charge in [-0.25, -0.2) is 4.79 Å². The van der Waals surface area contributed by atoms with Crippen LogP contribution in [-0.2, 0) is 6.54 Å². The maximum absolute atomic E-state index is 12.2. The van der Waals surface area contributed by atoms with Crippen molar-refractivity contribution in [3.05, 3.63) is 60.2 Å². The highest BCUT2D eigenvalue weighted by Crippen LogP contribution is 2.11. The van der Waals surface area contributed by atoms with Gasteiger partial charge in [0, 0.05) is 24.5 Å². The van der Waals surface area contributed by atoms with E-state index in [4.69, 9.17) is 5.73 Å². The van der Waals surface area contributed by atoms with Crippen molar-refractivity contribution in [2.75, 3.05) is 17.6 Å². The summed E-state index contributed by atoms with van der Waals surface area (Å²) in [5, 5.41) is 2.89. The van der Waals surface area contributed by atoms with E-state index in [1.165, 1.54) is 0 Å². The summed E-state index contributed by atoms with van der Waals surface area (Å²) >= 11 is 0. The topological polar surface area (TPSA) is 58.4 Å². The SMILES string of the molecule is CCN(Cc1ccc(N)cc1)C(=O)Nc1ccccc1. The van der Waals surface area contributed by atoms with Crippen LogP contribution < -0.4 is 11.1 Å². The number of nitrogens with one attached hydrogen (secondary N) is 1. The Balaban J connectivity index is 2.00. The van der Waals surface area contributed by atoms with Gasteiger partial charge < -0.3 is 16.0 Å². The molecule has 20 heavy (non-hydrogen) atoms. The Morgan fingerprint density at radius 2 is 1.75 bits per heavy atom. The van der Waals surface area contributed by atoms with Gasteiger partial charge in [-0.2, -0.15) is 0 Å². The fraction of sp³-hybridized carbons (Fsp3) is 0.188. The van der Waals surface area contributed by atoms with E-state index in [0.717, 1.165) is 16.9 Å². The zero-order valence-electron chi connectivity index (χ0n) is 11.5. The van der Waals surface area contributed by atoms with Crippen LogP contribution in [-0.4, -0.2) is 17.5 Å². The van der Waals surface area contributed by atoms with Gasteiger partial charge in [0.05, 0.1) is 0 Å². The molecule has 4 nitrogen and oxygen atoms in total. The number of amides is 2. The van der Waals surface area contributed by atoms with E-state index in [1.807, 2.05) is 61.5 Å². The number of nitrogen functional groups attached to an aromatic ring is 1. The van der Waals surface area contributed by atoms with Crippen molar-refractivity contribution in [2.24, 2.45) is 0 Å². The zero-order chi connectivity index (χ0) is 14.4. The standard InChI is InChI=1S/C16H19N3O/c1-2-19(12-13-8-10-14(17)11-9-13)16(20)18-15-6-4-3-5-7-15/h3-11H,2,12,17H2,1H3,(H,18,20). The molecule has 0 aliphatic carbocycles. The molecule has 3 N–H and O–H groups in total. The molecule has 2 amide bonds. The van der Waals surface area contributed by atoms with E-state index in [2.05, 4.69) is 5.32 Å². The van der Waals surface area contributed by atoms with Crippen molar-refractivity contribution in [1.29, 1.82) is 0 Å². The van der Waals surface area contributed by atoms with E-state index in [0.29, 0.717) is 13.1 Å². The maximum atomic E-state index is 12.2. The van der Waals surface area contributed by atoms with Crippen LogP contribution in [0.5, 0.6) is 0 Å². The second kappa shape index (κ2) is 6.61. The van der Waals surface area contributed by atoms with Crippen molar-refractivity contribution in [3.8, 4) is 0 Å². The fourth-order valence-corrected chi connectivity index (χ4v) is 1.89. The maximum Gasteiger partial charge on any atom is 0.322 e. The fourth-order valence-electron chi connectivity index (χ4n) is 1.89. The number of hydrogen-bond acceptors (Lipinski definition) is 2. The summed E-state index contributed by atoms with van der Waals surface area (Å²) in [6.45, 7) is 3.17. The van der Waals surface area contributed by atoms with Crippen LogP contribution in [0.3, 0.4) is 0 Å². The Kier molecular flexibility index (Phi) is 4.60. The summed E-state index contributed by atoms with van der Waals surface area (Å²) < 4.78 is 0. The predicted molar refractivity (Wildman–Crippen MR) is 82.4 cm³/mol. The van der Waals surface area contributed by atoms with E-state index in [9.17, 15) is 4.79 Å². The molecule has 0 spiro atoms. The number of rotatable bonds is 4. The van der Waals surface area contributed by atoms with Crippen LogP contribution >= 0.6 is 0 Å². The molecule has 0 aliphatic rings. The number of anilines is 2. The van der Waals surface area contributed by atoms with Gasteiger partial charge in [0.15, 0.2) is 0 Å². The minimum absolute atomic E-state index is 0.101. The highest BCUT2D eigenvalue weighted by Gasteiger charge is 2.11. The molecule has 2 aromatic rings. The molecular formula is C16H19N3O. The van der Waals surface area contributed by atoms with Gasteiger partial charge in [-0.1, -0.05) is 30.3 Å². The lowest BCUT2D eigenvalue weighted by molar-refractivity contribution is 0.212. The van der Waals surface area contributed by atoms with E-state index in [-0.39, 0.29) is 6.03 Å². The van der Waals surface area contributed by atoms with Crippen LogP contribution in [0.15, 0.2) is 54.6 Å². The second-order valence-corrected chi connectivity index (χ2v) is 4.55. The number of benzene rings is 2. The van der Waals surface area contributed by atoms with Gasteiger partial charge in [0.1, 0.15) is 0 Å². The van der Waals surface area contributed by atoms with Gasteiger partial charge in [-0.3, -0.25) is 0 Å². The number of nitrogens with two attached hydrogens (primary N) is 1. The van der Waals surface area contributed by atoms with Gasteiger partial charge >= 0.3 is 6.03 Å². The zero-order valence-corrected chi connectivity index (χ0v) is 11.5. The van der Waals surface area contributed by atoms with Crippen LogP contribution in [0.4, 0.5) is 16.2 Å². The minimum atomic E-state index is -0.101. The first-order valence-corrected chi connectivity index (χ1v) is 6.64. The Morgan fingerprint density at radius 1 is 1.10 bits per heavy atom. The van der Waals surface area contributed by atoms with Crippen molar-refractivity contribution < 1.29 is 4.79 Å². The molecule has 0 saturated heterocycles. The summed E-state index contributed by atoms with van der Waals surface area (Å²) in [6, 6.07) is 16.9. The third-order valence-electron chi connectivity index (χ3n) is 3.05. The smallest absolute Gasteiger partial charge is 0.322 e. The lowest BCUT2D eigenvalue weighted by atomic mass is 10.2. The average molecular weight is 269 g/mol. The second-order valence-electron chi connectivity index (χ2n) is 4.55. The molecule has 0 aromatic heterocycles. The Hall–Kier alpha value is -2.49. The quantitative estimate of drug-likeness (QED) is 0.836. The number of carbonyl (C=O) groups is 1. The first-order chi connectivity index (χ1) is 9.69. The molecular weight excluding hydrogens is 250 g/mol. The molecule has 2 rings (SSSR count). The summed E-state index contributed by atoms with van der Waals surface area (Å²) in [5.74, 6) is 0. The molecule has 0 bridgehead atoms. The van der Waals surface area contributed by atoms with Crippen LogP contribution in [0.25, 0.3) is 0 Å². The van der Waals surface area contributed by atoms with Crippen molar-refractivity contribution in [1.82, 2.24) is 4.90 Å². The third kappa shape index (κ3) is 3.75. The first-order valence-electron chi connectivity index (χ1n) is 6.64. The molecule has 0 radical (unpaired) electrons. The molecule has 0 heterocycles. The normalized spacial score (nSPS) is 10.1. The average Bonchev–Trinajstić information content (AvgIpc) is 2.47. The van der Waals surface area contributed by atoms with E-state index >= 15 is 0 Å². The monoisotopic (exact) mass is 269 g/mol. The summed E-state index contributed by atoms with van der Waals surface area (Å²) in [6.07, 6.45) is 0. The summed E-state index contributed by atoms with van der Waals surface area (Å²) in [5.41, 5.74) is 8.25. The van der Waals surface area contributed by atoms with Crippen LogP contribution in [0.1, 0.15) is 12.5 Å². The summed E-state index contributed by atoms with van der Waals surface area (Å²) in [7, 11) is 0. The third-order valence-corrected chi connectivity index (χ3v) is 3.05.